The van der Waals surface area contributed by atoms with Gasteiger partial charge in [0.1, 0.15) is 6.04 Å². The summed E-state index contributed by atoms with van der Waals surface area (Å²) in [6.07, 6.45) is 9.29. The number of rotatable bonds is 6. The smallest absolute Gasteiger partial charge is 0.256 e. The molecule has 3 aliphatic rings. The number of benzene rings is 3. The maximum absolute atomic E-state index is 13.7. The van der Waals surface area contributed by atoms with Gasteiger partial charge in [0.15, 0.2) is 5.78 Å². The molecule has 3 aromatic rings. The molecule has 202 valence electrons. The Morgan fingerprint density at radius 3 is 2.48 bits per heavy atom. The molecule has 2 heterocycles. The number of anilines is 1. The number of allylic oxidation sites excluding steroid dienone is 2. The third-order valence-electron chi connectivity index (χ3n) is 8.08. The maximum Gasteiger partial charge on any atom is 0.256 e. The lowest BCUT2D eigenvalue weighted by Crippen LogP contribution is -2.39. The molecule has 0 aromatic heterocycles. The number of nitrogens with zero attached hydrogens (tertiary/aromatic N) is 2. The molecule has 0 radical (unpaired) electrons. The van der Waals surface area contributed by atoms with E-state index in [2.05, 4.69) is 46.7 Å². The Labute approximate surface area is 235 Å². The van der Waals surface area contributed by atoms with E-state index in [1.54, 1.807) is 24.3 Å². The Bertz CT molecular complexity index is 1520. The Hall–Kier alpha value is -4.42. The average Bonchev–Trinajstić information content (AvgIpc) is 3.39. The van der Waals surface area contributed by atoms with Crippen LogP contribution < -0.4 is 10.6 Å². The summed E-state index contributed by atoms with van der Waals surface area (Å²) in [5, 5.41) is 6.58. The molecule has 6 nitrogen and oxygen atoms in total. The van der Waals surface area contributed by atoms with Crippen molar-refractivity contribution in [2.75, 3.05) is 26.0 Å². The molecule has 2 aliphatic heterocycles. The summed E-state index contributed by atoms with van der Waals surface area (Å²) in [6.45, 7) is 0.842. The van der Waals surface area contributed by atoms with E-state index in [-0.39, 0.29) is 11.7 Å². The van der Waals surface area contributed by atoms with Gasteiger partial charge in [-0.3, -0.25) is 9.59 Å². The van der Waals surface area contributed by atoms with Crippen LogP contribution in [-0.2, 0) is 0 Å². The van der Waals surface area contributed by atoms with Gasteiger partial charge in [-0.05, 0) is 80.5 Å². The normalized spacial score (nSPS) is 19.9. The zero-order valence-electron chi connectivity index (χ0n) is 22.9. The molecule has 2 N–H and O–H groups in total. The van der Waals surface area contributed by atoms with E-state index in [4.69, 9.17) is 0 Å². The second-order valence-corrected chi connectivity index (χ2v) is 10.8. The van der Waals surface area contributed by atoms with Crippen molar-refractivity contribution in [3.8, 4) is 11.1 Å². The Morgan fingerprint density at radius 1 is 0.950 bits per heavy atom. The summed E-state index contributed by atoms with van der Waals surface area (Å²) in [7, 11) is 4.28. The van der Waals surface area contributed by atoms with Gasteiger partial charge in [0.2, 0.25) is 0 Å². The fourth-order valence-electron chi connectivity index (χ4n) is 5.85. The molecule has 3 aromatic carbocycles. The first kappa shape index (κ1) is 25.8. The number of carbonyl (C=O) groups is 2. The van der Waals surface area contributed by atoms with E-state index >= 15 is 0 Å². The van der Waals surface area contributed by atoms with Crippen LogP contribution >= 0.6 is 0 Å². The predicted molar refractivity (Wildman–Crippen MR) is 160 cm³/mol. The number of hydrogen-bond acceptors (Lipinski definition) is 5. The quantitative estimate of drug-likeness (QED) is 0.392. The second kappa shape index (κ2) is 11.0. The van der Waals surface area contributed by atoms with Gasteiger partial charge in [-0.15, -0.1) is 0 Å². The molecule has 2 atom stereocenters. The van der Waals surface area contributed by atoms with Crippen LogP contribution in [0.25, 0.3) is 11.1 Å². The largest absolute Gasteiger partial charge is 0.374 e. The minimum absolute atomic E-state index is 0.0172. The molecule has 1 amide bonds. The van der Waals surface area contributed by atoms with Gasteiger partial charge in [-0.25, -0.2) is 0 Å². The molecule has 6 rings (SSSR count). The van der Waals surface area contributed by atoms with Crippen LogP contribution in [0.3, 0.4) is 0 Å². The zero-order valence-corrected chi connectivity index (χ0v) is 22.9. The number of hydrogen-bond donors (Lipinski definition) is 2. The van der Waals surface area contributed by atoms with Crippen molar-refractivity contribution in [3.63, 3.8) is 0 Å². The van der Waals surface area contributed by atoms with Gasteiger partial charge in [-0.1, -0.05) is 54.6 Å². The third kappa shape index (κ3) is 5.10. The van der Waals surface area contributed by atoms with Gasteiger partial charge >= 0.3 is 0 Å². The fourth-order valence-corrected chi connectivity index (χ4v) is 5.85. The van der Waals surface area contributed by atoms with Crippen molar-refractivity contribution >= 4 is 17.4 Å². The highest BCUT2D eigenvalue weighted by Crippen LogP contribution is 2.35. The Morgan fingerprint density at radius 2 is 1.70 bits per heavy atom. The summed E-state index contributed by atoms with van der Waals surface area (Å²) in [5.41, 5.74) is 7.27. The number of carbonyl (C=O) groups excluding carboxylic acids is 2. The van der Waals surface area contributed by atoms with Crippen LogP contribution in [-0.4, -0.2) is 54.2 Å². The summed E-state index contributed by atoms with van der Waals surface area (Å²) in [6, 6.07) is 24.7. The van der Waals surface area contributed by atoms with Gasteiger partial charge in [-0.2, -0.15) is 0 Å². The van der Waals surface area contributed by atoms with Crippen LogP contribution in [0.4, 0.5) is 5.69 Å². The van der Waals surface area contributed by atoms with Crippen molar-refractivity contribution < 1.29 is 9.59 Å². The van der Waals surface area contributed by atoms with Gasteiger partial charge in [0.25, 0.3) is 5.91 Å². The first-order valence-electron chi connectivity index (χ1n) is 13.9. The molecule has 0 fully saturated rings. The third-order valence-corrected chi connectivity index (χ3v) is 8.08. The summed E-state index contributed by atoms with van der Waals surface area (Å²) in [4.78, 5) is 31.5. The monoisotopic (exact) mass is 530 g/mol. The highest BCUT2D eigenvalue weighted by molar-refractivity contribution is 6.09. The topological polar surface area (TPSA) is 64.7 Å². The van der Waals surface area contributed by atoms with Crippen LogP contribution in [0, 0.1) is 0 Å². The van der Waals surface area contributed by atoms with E-state index in [1.165, 1.54) is 11.4 Å². The second-order valence-electron chi connectivity index (χ2n) is 10.8. The van der Waals surface area contributed by atoms with Crippen molar-refractivity contribution in [2.45, 2.75) is 31.3 Å². The predicted octanol–water partition coefficient (Wildman–Crippen LogP) is 5.84. The van der Waals surface area contributed by atoms with Crippen molar-refractivity contribution in [3.05, 3.63) is 125 Å². The maximum atomic E-state index is 13.7. The molecule has 1 unspecified atom stereocenters. The first-order chi connectivity index (χ1) is 19.5. The number of Topliss-reactive ketones (excluding diaryl/α,β-unsaturated/α-hetero) is 1. The van der Waals surface area contributed by atoms with E-state index in [0.29, 0.717) is 22.9 Å². The molecule has 1 aliphatic carbocycles. The minimum Gasteiger partial charge on any atom is -0.374 e. The van der Waals surface area contributed by atoms with Crippen molar-refractivity contribution in [1.82, 2.24) is 15.1 Å². The summed E-state index contributed by atoms with van der Waals surface area (Å²) < 4.78 is 0. The summed E-state index contributed by atoms with van der Waals surface area (Å²) in [5.74, 6) is -0.168. The molecule has 0 spiro atoms. The van der Waals surface area contributed by atoms with Gasteiger partial charge in [0, 0.05) is 52.9 Å². The molecule has 0 saturated carbocycles. The SMILES string of the molecule is CN(C)[C@@H]1CCC2=C(C1)N1CC=CC1=CC(C(=O)c1ccc(NC(=O)c3ccccc3-c3ccccc3)cc1)N2. The molecule has 0 saturated heterocycles. The standard InChI is InChI=1S/C34H34N4O2/c1-37(2)26-18-19-30-32(22-26)38-20-8-11-27(38)21-31(36-30)33(39)24-14-16-25(17-15-24)35-34(40)29-13-7-6-12-28(29)23-9-4-3-5-10-23/h3-17,21,26,31,36H,18-20,22H2,1-2H3,(H,35,40)/t26-,31?/m1/s1. The first-order valence-corrected chi connectivity index (χ1v) is 13.9. The van der Waals surface area contributed by atoms with E-state index in [9.17, 15) is 9.59 Å². The van der Waals surface area contributed by atoms with Crippen molar-refractivity contribution in [2.24, 2.45) is 0 Å². The van der Waals surface area contributed by atoms with Crippen LogP contribution in [0.1, 0.15) is 40.0 Å². The summed E-state index contributed by atoms with van der Waals surface area (Å²) >= 11 is 0. The molecule has 6 heteroatoms. The number of fused-ring (bicyclic) bond motifs is 2. The van der Waals surface area contributed by atoms with Crippen LogP contribution in [0.15, 0.2) is 114 Å². The van der Waals surface area contributed by atoms with E-state index in [0.717, 1.165) is 42.6 Å². The lowest BCUT2D eigenvalue weighted by Gasteiger charge is -2.35. The Kier molecular flexibility index (Phi) is 7.10. The molecular weight excluding hydrogens is 496 g/mol. The molecule has 0 bridgehead atoms. The molecule has 40 heavy (non-hydrogen) atoms. The number of ketones is 1. The van der Waals surface area contributed by atoms with Crippen molar-refractivity contribution in [1.29, 1.82) is 0 Å². The average molecular weight is 531 g/mol. The highest BCUT2D eigenvalue weighted by Gasteiger charge is 2.33. The minimum atomic E-state index is -0.443. The lowest BCUT2D eigenvalue weighted by atomic mass is 9.94. The van der Waals surface area contributed by atoms with Gasteiger partial charge in [0.05, 0.1) is 0 Å². The number of nitrogens with one attached hydrogen (secondary N) is 2. The highest BCUT2D eigenvalue weighted by atomic mass is 16.1. The van der Waals surface area contributed by atoms with Crippen LogP contribution in [0.5, 0.6) is 0 Å². The molecular formula is C34H34N4O2. The van der Waals surface area contributed by atoms with Crippen LogP contribution in [0.2, 0.25) is 0 Å². The lowest BCUT2D eigenvalue weighted by molar-refractivity contribution is 0.0965. The zero-order chi connectivity index (χ0) is 27.6. The van der Waals surface area contributed by atoms with E-state index < -0.39 is 6.04 Å². The Balaban J connectivity index is 1.19. The fraction of sp³-hybridized carbons (Fsp3) is 0.235. The van der Waals surface area contributed by atoms with E-state index in [1.807, 2.05) is 60.7 Å². The van der Waals surface area contributed by atoms with Gasteiger partial charge < -0.3 is 20.4 Å². The number of amides is 1.